The summed E-state index contributed by atoms with van der Waals surface area (Å²) in [6.07, 6.45) is 1.12. The van der Waals surface area contributed by atoms with Crippen molar-refractivity contribution in [1.29, 1.82) is 0 Å². The molecule has 2 aromatic carbocycles. The number of anilines is 1. The van der Waals surface area contributed by atoms with Gasteiger partial charge in [0.1, 0.15) is 0 Å². The smallest absolute Gasteiger partial charge is 0.224 e. The van der Waals surface area contributed by atoms with E-state index in [9.17, 15) is 4.79 Å². The molecule has 0 heterocycles. The van der Waals surface area contributed by atoms with E-state index in [0.29, 0.717) is 17.9 Å². The van der Waals surface area contributed by atoms with Crippen molar-refractivity contribution in [3.8, 4) is 0 Å². The summed E-state index contributed by atoms with van der Waals surface area (Å²) >= 11 is 9.33. The minimum Gasteiger partial charge on any atom is -0.326 e. The van der Waals surface area contributed by atoms with Crippen molar-refractivity contribution in [2.75, 3.05) is 5.32 Å². The van der Waals surface area contributed by atoms with E-state index in [-0.39, 0.29) is 5.91 Å². The Hall–Kier alpha value is -1.32. The van der Waals surface area contributed by atoms with Crippen LogP contribution in [0.25, 0.3) is 0 Å². The molecular formula is C16H15BrClNO. The van der Waals surface area contributed by atoms with Gasteiger partial charge in [0.05, 0.1) is 0 Å². The van der Waals surface area contributed by atoms with Crippen LogP contribution in [-0.4, -0.2) is 5.91 Å². The first-order chi connectivity index (χ1) is 9.54. The van der Waals surface area contributed by atoms with E-state index in [0.717, 1.165) is 21.3 Å². The van der Waals surface area contributed by atoms with Gasteiger partial charge in [0.25, 0.3) is 0 Å². The second-order valence-electron chi connectivity index (χ2n) is 4.64. The molecule has 1 amide bonds. The molecule has 0 aliphatic rings. The quantitative estimate of drug-likeness (QED) is 0.826. The molecule has 1 N–H and O–H groups in total. The van der Waals surface area contributed by atoms with Crippen molar-refractivity contribution in [1.82, 2.24) is 0 Å². The van der Waals surface area contributed by atoms with E-state index in [1.165, 1.54) is 0 Å². The van der Waals surface area contributed by atoms with Gasteiger partial charge in [0.2, 0.25) is 5.91 Å². The Morgan fingerprint density at radius 3 is 2.75 bits per heavy atom. The van der Waals surface area contributed by atoms with E-state index in [4.69, 9.17) is 11.6 Å². The number of nitrogens with one attached hydrogen (secondary N) is 1. The molecule has 2 aromatic rings. The highest BCUT2D eigenvalue weighted by Gasteiger charge is 2.06. The number of hydrogen-bond donors (Lipinski definition) is 1. The minimum absolute atomic E-state index is 0.00963. The van der Waals surface area contributed by atoms with Gasteiger partial charge < -0.3 is 5.32 Å². The van der Waals surface area contributed by atoms with Crippen LogP contribution in [0.4, 0.5) is 5.69 Å². The lowest BCUT2D eigenvalue weighted by atomic mass is 10.1. The Bertz CT molecular complexity index is 628. The molecule has 0 unspecified atom stereocenters. The number of carbonyl (C=O) groups is 1. The van der Waals surface area contributed by atoms with Gasteiger partial charge in [-0.05, 0) is 54.8 Å². The molecule has 0 aliphatic carbocycles. The Morgan fingerprint density at radius 2 is 2.05 bits per heavy atom. The third-order valence-electron chi connectivity index (χ3n) is 2.99. The van der Waals surface area contributed by atoms with Crippen molar-refractivity contribution in [2.45, 2.75) is 19.8 Å². The number of aryl methyl sites for hydroxylation is 2. The lowest BCUT2D eigenvalue weighted by Gasteiger charge is -2.09. The average molecular weight is 353 g/mol. The summed E-state index contributed by atoms with van der Waals surface area (Å²) in [5, 5.41) is 3.63. The van der Waals surface area contributed by atoms with Crippen LogP contribution < -0.4 is 5.32 Å². The lowest BCUT2D eigenvalue weighted by molar-refractivity contribution is -0.116. The van der Waals surface area contributed by atoms with Crippen LogP contribution in [-0.2, 0) is 11.2 Å². The number of hydrogen-bond acceptors (Lipinski definition) is 1. The molecule has 0 saturated heterocycles. The molecule has 0 aliphatic heterocycles. The molecule has 104 valence electrons. The van der Waals surface area contributed by atoms with Gasteiger partial charge in [-0.25, -0.2) is 0 Å². The molecule has 2 nitrogen and oxygen atoms in total. The zero-order valence-corrected chi connectivity index (χ0v) is 13.5. The van der Waals surface area contributed by atoms with E-state index in [2.05, 4.69) is 21.2 Å². The van der Waals surface area contributed by atoms with Gasteiger partial charge in [-0.15, -0.1) is 0 Å². The van der Waals surface area contributed by atoms with Gasteiger partial charge >= 0.3 is 0 Å². The van der Waals surface area contributed by atoms with E-state index >= 15 is 0 Å². The fourth-order valence-corrected chi connectivity index (χ4v) is 2.62. The molecule has 0 fully saturated rings. The van der Waals surface area contributed by atoms with Crippen molar-refractivity contribution in [3.05, 3.63) is 63.1 Å². The first kappa shape index (κ1) is 15.1. The zero-order chi connectivity index (χ0) is 14.5. The fraction of sp³-hybridized carbons (Fsp3) is 0.188. The monoisotopic (exact) mass is 351 g/mol. The number of halogens is 2. The lowest BCUT2D eigenvalue weighted by Crippen LogP contribution is -2.13. The highest BCUT2D eigenvalue weighted by atomic mass is 79.9. The van der Waals surface area contributed by atoms with Crippen LogP contribution in [0.15, 0.2) is 46.9 Å². The van der Waals surface area contributed by atoms with E-state index < -0.39 is 0 Å². The largest absolute Gasteiger partial charge is 0.326 e. The summed E-state index contributed by atoms with van der Waals surface area (Å²) in [6.45, 7) is 1.97. The number of benzene rings is 2. The maximum Gasteiger partial charge on any atom is 0.224 e. The average Bonchev–Trinajstić information content (AvgIpc) is 2.40. The van der Waals surface area contributed by atoms with Crippen LogP contribution in [0, 0.1) is 6.92 Å². The molecule has 0 atom stereocenters. The van der Waals surface area contributed by atoms with Crippen molar-refractivity contribution >= 4 is 39.1 Å². The van der Waals surface area contributed by atoms with Gasteiger partial charge in [0, 0.05) is 21.6 Å². The molecule has 0 aromatic heterocycles. The maximum atomic E-state index is 12.0. The second kappa shape index (κ2) is 6.91. The minimum atomic E-state index is 0.00963. The third-order valence-corrected chi connectivity index (χ3v) is 3.72. The highest BCUT2D eigenvalue weighted by molar-refractivity contribution is 9.10. The van der Waals surface area contributed by atoms with Gasteiger partial charge in [-0.1, -0.05) is 39.7 Å². The number of rotatable bonds is 4. The maximum absolute atomic E-state index is 12.0. The Morgan fingerprint density at radius 1 is 1.25 bits per heavy atom. The zero-order valence-electron chi connectivity index (χ0n) is 11.1. The molecule has 0 spiro atoms. The molecule has 0 bridgehead atoms. The summed E-state index contributed by atoms with van der Waals surface area (Å²) in [5.41, 5.74) is 2.96. The van der Waals surface area contributed by atoms with Crippen LogP contribution in [0.5, 0.6) is 0 Å². The van der Waals surface area contributed by atoms with Gasteiger partial charge in [-0.3, -0.25) is 4.79 Å². The van der Waals surface area contributed by atoms with Crippen LogP contribution in [0.3, 0.4) is 0 Å². The molecule has 2 rings (SSSR count). The standard InChI is InChI=1S/C16H15BrClNO/c1-11-9-13(17)6-7-15(11)19-16(20)8-5-12-3-2-4-14(18)10-12/h2-4,6-7,9-10H,5,8H2,1H3,(H,19,20). The van der Waals surface area contributed by atoms with Crippen LogP contribution in [0.2, 0.25) is 5.02 Å². The van der Waals surface area contributed by atoms with Crippen molar-refractivity contribution < 1.29 is 4.79 Å². The first-order valence-electron chi connectivity index (χ1n) is 6.35. The van der Waals surface area contributed by atoms with Gasteiger partial charge in [-0.2, -0.15) is 0 Å². The highest BCUT2D eigenvalue weighted by Crippen LogP contribution is 2.20. The van der Waals surface area contributed by atoms with Crippen LogP contribution >= 0.6 is 27.5 Å². The predicted octanol–water partition coefficient (Wildman–Crippen LogP) is 4.98. The Labute approximate surface area is 132 Å². The number of amides is 1. The van der Waals surface area contributed by atoms with E-state index in [1.807, 2.05) is 49.4 Å². The number of carbonyl (C=O) groups excluding carboxylic acids is 1. The Kier molecular flexibility index (Phi) is 5.21. The molecular weight excluding hydrogens is 338 g/mol. The predicted molar refractivity (Wildman–Crippen MR) is 87.3 cm³/mol. The summed E-state index contributed by atoms with van der Waals surface area (Å²) < 4.78 is 1.01. The Balaban J connectivity index is 1.92. The second-order valence-corrected chi connectivity index (χ2v) is 5.99. The summed E-state index contributed by atoms with van der Waals surface area (Å²) in [4.78, 5) is 12.0. The summed E-state index contributed by atoms with van der Waals surface area (Å²) in [6, 6.07) is 13.4. The van der Waals surface area contributed by atoms with Crippen molar-refractivity contribution in [2.24, 2.45) is 0 Å². The summed E-state index contributed by atoms with van der Waals surface area (Å²) in [5.74, 6) is 0.00963. The van der Waals surface area contributed by atoms with Gasteiger partial charge in [0.15, 0.2) is 0 Å². The fourth-order valence-electron chi connectivity index (χ4n) is 1.93. The topological polar surface area (TPSA) is 29.1 Å². The van der Waals surface area contributed by atoms with E-state index in [1.54, 1.807) is 0 Å². The molecule has 0 saturated carbocycles. The van der Waals surface area contributed by atoms with Crippen LogP contribution in [0.1, 0.15) is 17.5 Å². The SMILES string of the molecule is Cc1cc(Br)ccc1NC(=O)CCc1cccc(Cl)c1. The summed E-state index contributed by atoms with van der Waals surface area (Å²) in [7, 11) is 0. The molecule has 0 radical (unpaired) electrons. The normalized spacial score (nSPS) is 10.3. The third kappa shape index (κ3) is 4.36. The van der Waals surface area contributed by atoms with Crippen molar-refractivity contribution in [3.63, 3.8) is 0 Å². The molecule has 4 heteroatoms. The molecule has 20 heavy (non-hydrogen) atoms. The first-order valence-corrected chi connectivity index (χ1v) is 7.52.